The zero-order valence-corrected chi connectivity index (χ0v) is 12.2. The van der Waals surface area contributed by atoms with Gasteiger partial charge in [0.1, 0.15) is 16.9 Å². The third kappa shape index (κ3) is 2.71. The summed E-state index contributed by atoms with van der Waals surface area (Å²) >= 11 is 1.53. The standard InChI is InChI=1S/C15H13N3O2S/c1-2-12-7-13-14(21-12)16-9-18(15(13)20)17-8-10-3-5-11(19)6-4-10/h3-9,19H,2H2,1H3/b17-8+. The number of hydrogen-bond donors (Lipinski definition) is 1. The average molecular weight is 299 g/mol. The normalized spacial score (nSPS) is 11.5. The van der Waals surface area contributed by atoms with Crippen molar-refractivity contribution in [1.29, 1.82) is 0 Å². The molecule has 0 spiro atoms. The van der Waals surface area contributed by atoms with Crippen molar-refractivity contribution in [3.05, 3.63) is 57.5 Å². The molecule has 0 unspecified atom stereocenters. The summed E-state index contributed by atoms with van der Waals surface area (Å²) in [5.41, 5.74) is 0.616. The number of fused-ring (bicyclic) bond motifs is 1. The first-order chi connectivity index (χ1) is 10.2. The highest BCUT2D eigenvalue weighted by Gasteiger charge is 2.07. The van der Waals surface area contributed by atoms with Crippen LogP contribution in [0.5, 0.6) is 5.75 Å². The molecule has 0 aliphatic carbocycles. The van der Waals surface area contributed by atoms with Crippen molar-refractivity contribution in [2.45, 2.75) is 13.3 Å². The summed E-state index contributed by atoms with van der Waals surface area (Å²) in [6.07, 6.45) is 3.87. The van der Waals surface area contributed by atoms with E-state index in [0.29, 0.717) is 5.39 Å². The maximum Gasteiger partial charge on any atom is 0.282 e. The molecule has 0 saturated carbocycles. The van der Waals surface area contributed by atoms with Crippen LogP contribution in [0.15, 0.2) is 46.6 Å². The summed E-state index contributed by atoms with van der Waals surface area (Å²) < 4.78 is 1.22. The van der Waals surface area contributed by atoms with E-state index in [4.69, 9.17) is 0 Å². The molecule has 6 heteroatoms. The molecule has 2 aromatic heterocycles. The van der Waals surface area contributed by atoms with Crippen molar-refractivity contribution in [1.82, 2.24) is 9.66 Å². The number of aromatic hydroxyl groups is 1. The Labute approximate surface area is 124 Å². The van der Waals surface area contributed by atoms with Crippen LogP contribution in [0.3, 0.4) is 0 Å². The van der Waals surface area contributed by atoms with Crippen LogP contribution >= 0.6 is 11.3 Å². The highest BCUT2D eigenvalue weighted by Crippen LogP contribution is 2.20. The number of phenols is 1. The largest absolute Gasteiger partial charge is 0.508 e. The summed E-state index contributed by atoms with van der Waals surface area (Å²) in [7, 11) is 0. The molecule has 21 heavy (non-hydrogen) atoms. The van der Waals surface area contributed by atoms with Crippen molar-refractivity contribution in [2.75, 3.05) is 0 Å². The summed E-state index contributed by atoms with van der Waals surface area (Å²) in [4.78, 5) is 18.5. The Bertz CT molecular complexity index is 863. The summed E-state index contributed by atoms with van der Waals surface area (Å²) in [6, 6.07) is 8.45. The fourth-order valence-corrected chi connectivity index (χ4v) is 2.83. The second kappa shape index (κ2) is 5.49. The highest BCUT2D eigenvalue weighted by molar-refractivity contribution is 7.18. The lowest BCUT2D eigenvalue weighted by Gasteiger charge is -1.97. The topological polar surface area (TPSA) is 67.5 Å². The molecule has 0 saturated heterocycles. The zero-order valence-electron chi connectivity index (χ0n) is 11.4. The third-order valence-corrected chi connectivity index (χ3v) is 4.25. The lowest BCUT2D eigenvalue weighted by molar-refractivity contribution is 0.475. The van der Waals surface area contributed by atoms with Crippen LogP contribution in [0.4, 0.5) is 0 Å². The van der Waals surface area contributed by atoms with Crippen molar-refractivity contribution < 1.29 is 5.11 Å². The number of benzene rings is 1. The molecule has 0 amide bonds. The van der Waals surface area contributed by atoms with E-state index in [2.05, 4.69) is 10.1 Å². The van der Waals surface area contributed by atoms with Gasteiger partial charge in [0, 0.05) is 4.88 Å². The minimum absolute atomic E-state index is 0.175. The fraction of sp³-hybridized carbons (Fsp3) is 0.133. The Kier molecular flexibility index (Phi) is 3.53. The van der Waals surface area contributed by atoms with E-state index < -0.39 is 0 Å². The first-order valence-corrected chi connectivity index (χ1v) is 7.32. The van der Waals surface area contributed by atoms with E-state index in [1.807, 2.05) is 13.0 Å². The predicted octanol–water partition coefficient (Wildman–Crippen LogP) is 2.61. The van der Waals surface area contributed by atoms with Gasteiger partial charge in [-0.3, -0.25) is 4.79 Å². The number of phenolic OH excluding ortho intramolecular Hbond substituents is 1. The van der Waals surface area contributed by atoms with Gasteiger partial charge in [-0.2, -0.15) is 9.78 Å². The van der Waals surface area contributed by atoms with Crippen molar-refractivity contribution >= 4 is 27.8 Å². The molecule has 2 heterocycles. The number of thiophene rings is 1. The van der Waals surface area contributed by atoms with E-state index in [1.54, 1.807) is 30.5 Å². The zero-order chi connectivity index (χ0) is 14.8. The molecule has 1 N–H and O–H groups in total. The Hall–Kier alpha value is -2.47. The third-order valence-electron chi connectivity index (χ3n) is 3.06. The first kappa shape index (κ1) is 13.5. The summed E-state index contributed by atoms with van der Waals surface area (Å²) in [5, 5.41) is 14.0. The number of rotatable bonds is 3. The number of aryl methyl sites for hydroxylation is 1. The molecule has 0 aliphatic heterocycles. The second-order valence-corrected chi connectivity index (χ2v) is 5.63. The fourth-order valence-electron chi connectivity index (χ4n) is 1.91. The second-order valence-electron chi connectivity index (χ2n) is 4.52. The van der Waals surface area contributed by atoms with Gasteiger partial charge < -0.3 is 5.11 Å². The summed E-state index contributed by atoms with van der Waals surface area (Å²) in [5.74, 6) is 0.192. The van der Waals surface area contributed by atoms with E-state index in [-0.39, 0.29) is 11.3 Å². The van der Waals surface area contributed by atoms with E-state index >= 15 is 0 Å². The van der Waals surface area contributed by atoms with Gasteiger partial charge in [-0.1, -0.05) is 6.92 Å². The monoisotopic (exact) mass is 299 g/mol. The number of hydrogen-bond acceptors (Lipinski definition) is 5. The van der Waals surface area contributed by atoms with Gasteiger partial charge in [-0.25, -0.2) is 4.98 Å². The van der Waals surface area contributed by atoms with Gasteiger partial charge in [-0.05, 0) is 42.3 Å². The molecule has 0 fully saturated rings. The minimum Gasteiger partial charge on any atom is -0.508 e. The predicted molar refractivity (Wildman–Crippen MR) is 84.4 cm³/mol. The Morgan fingerprint density at radius 1 is 1.38 bits per heavy atom. The molecule has 3 rings (SSSR count). The van der Waals surface area contributed by atoms with Gasteiger partial charge in [-0.15, -0.1) is 11.3 Å². The van der Waals surface area contributed by atoms with Gasteiger partial charge in [0.2, 0.25) is 0 Å². The average Bonchev–Trinajstić information content (AvgIpc) is 2.92. The number of nitrogens with zero attached hydrogens (tertiary/aromatic N) is 3. The van der Waals surface area contributed by atoms with Crippen molar-refractivity contribution in [3.8, 4) is 5.75 Å². The molecule has 0 atom stereocenters. The lowest BCUT2D eigenvalue weighted by Crippen LogP contribution is -2.16. The Balaban J connectivity index is 1.99. The lowest BCUT2D eigenvalue weighted by atomic mass is 10.2. The highest BCUT2D eigenvalue weighted by atomic mass is 32.1. The molecule has 5 nitrogen and oxygen atoms in total. The molecule has 0 bridgehead atoms. The molecule has 106 valence electrons. The maximum atomic E-state index is 12.3. The van der Waals surface area contributed by atoms with E-state index in [9.17, 15) is 9.90 Å². The molecule has 0 radical (unpaired) electrons. The van der Waals surface area contributed by atoms with E-state index in [0.717, 1.165) is 21.7 Å². The smallest absolute Gasteiger partial charge is 0.282 e. The minimum atomic E-state index is -0.175. The van der Waals surface area contributed by atoms with Crippen molar-refractivity contribution in [3.63, 3.8) is 0 Å². The van der Waals surface area contributed by atoms with E-state index in [1.165, 1.54) is 22.3 Å². The molecule has 1 aromatic carbocycles. The van der Waals surface area contributed by atoms with Crippen LogP contribution in [0, 0.1) is 0 Å². The van der Waals surface area contributed by atoms with Crippen LogP contribution in [0.25, 0.3) is 10.2 Å². The maximum absolute atomic E-state index is 12.3. The van der Waals surface area contributed by atoms with Crippen LogP contribution in [0.2, 0.25) is 0 Å². The van der Waals surface area contributed by atoms with Crippen LogP contribution < -0.4 is 5.56 Å². The van der Waals surface area contributed by atoms with Gasteiger partial charge in [0.05, 0.1) is 11.6 Å². The SMILES string of the molecule is CCc1cc2c(=O)n(/N=C/c3ccc(O)cc3)cnc2s1. The summed E-state index contributed by atoms with van der Waals surface area (Å²) in [6.45, 7) is 2.05. The molecular formula is C15H13N3O2S. The van der Waals surface area contributed by atoms with Gasteiger partial charge in [0.15, 0.2) is 0 Å². The molecular weight excluding hydrogens is 286 g/mol. The number of aromatic nitrogens is 2. The Morgan fingerprint density at radius 2 is 2.14 bits per heavy atom. The quantitative estimate of drug-likeness (QED) is 0.756. The van der Waals surface area contributed by atoms with Crippen LogP contribution in [0.1, 0.15) is 17.4 Å². The molecule has 0 aliphatic rings. The van der Waals surface area contributed by atoms with Crippen LogP contribution in [-0.4, -0.2) is 21.0 Å². The van der Waals surface area contributed by atoms with Crippen LogP contribution in [-0.2, 0) is 6.42 Å². The first-order valence-electron chi connectivity index (χ1n) is 6.51. The molecule has 3 aromatic rings. The van der Waals surface area contributed by atoms with Crippen molar-refractivity contribution in [2.24, 2.45) is 5.10 Å². The van der Waals surface area contributed by atoms with Gasteiger partial charge in [0.25, 0.3) is 5.56 Å². The Morgan fingerprint density at radius 3 is 2.86 bits per heavy atom. The van der Waals surface area contributed by atoms with Gasteiger partial charge >= 0.3 is 0 Å².